The molecule has 0 bridgehead atoms. The van der Waals surface area contributed by atoms with E-state index in [-0.39, 0.29) is 6.04 Å². The zero-order valence-electron chi connectivity index (χ0n) is 9.82. The second-order valence-corrected chi connectivity index (χ2v) is 4.75. The van der Waals surface area contributed by atoms with Gasteiger partial charge in [0.05, 0.1) is 11.7 Å². The van der Waals surface area contributed by atoms with Crippen molar-refractivity contribution in [1.82, 2.24) is 4.98 Å². The summed E-state index contributed by atoms with van der Waals surface area (Å²) in [4.78, 5) is 4.15. The average Bonchev–Trinajstić information content (AvgIpc) is 2.34. The van der Waals surface area contributed by atoms with Gasteiger partial charge in [0, 0.05) is 5.02 Å². The second kappa shape index (κ2) is 5.46. The molecule has 2 aromatic rings. The number of pyridine rings is 1. The van der Waals surface area contributed by atoms with Gasteiger partial charge in [0.15, 0.2) is 5.82 Å². The fraction of sp³-hybridized carbons (Fsp3) is 0.154. The fourth-order valence-corrected chi connectivity index (χ4v) is 2.12. The lowest BCUT2D eigenvalue weighted by atomic mass is 10.1. The van der Waals surface area contributed by atoms with Crippen molar-refractivity contribution in [3.05, 3.63) is 52.1 Å². The molecule has 0 spiro atoms. The molecule has 3 N–H and O–H groups in total. The Labute approximate surface area is 116 Å². The number of halogens is 2. The highest BCUT2D eigenvalue weighted by molar-refractivity contribution is 6.31. The molecule has 0 saturated carbocycles. The third kappa shape index (κ3) is 2.86. The number of aromatic nitrogens is 1. The minimum atomic E-state index is -0.00744. The molecule has 0 aliphatic rings. The lowest BCUT2D eigenvalue weighted by Crippen LogP contribution is -2.10. The van der Waals surface area contributed by atoms with Crippen LogP contribution in [0.25, 0.3) is 0 Å². The number of anilines is 2. The summed E-state index contributed by atoms with van der Waals surface area (Å²) in [5.41, 5.74) is 7.38. The number of nitrogens with one attached hydrogen (secondary N) is 1. The first-order valence-electron chi connectivity index (χ1n) is 5.51. The number of benzene rings is 1. The molecule has 0 aliphatic heterocycles. The van der Waals surface area contributed by atoms with E-state index in [0.29, 0.717) is 21.7 Å². The molecule has 1 aromatic heterocycles. The Hall–Kier alpha value is -1.45. The van der Waals surface area contributed by atoms with Gasteiger partial charge in [-0.25, -0.2) is 4.98 Å². The molecule has 5 heteroatoms. The summed E-state index contributed by atoms with van der Waals surface area (Å²) >= 11 is 12.0. The Bertz CT molecular complexity index is 558. The van der Waals surface area contributed by atoms with E-state index in [4.69, 9.17) is 28.9 Å². The first-order chi connectivity index (χ1) is 8.58. The topological polar surface area (TPSA) is 50.9 Å². The van der Waals surface area contributed by atoms with Crippen LogP contribution in [0.5, 0.6) is 0 Å². The zero-order valence-corrected chi connectivity index (χ0v) is 11.3. The van der Waals surface area contributed by atoms with Crippen molar-refractivity contribution in [2.24, 2.45) is 0 Å². The van der Waals surface area contributed by atoms with Crippen molar-refractivity contribution in [1.29, 1.82) is 0 Å². The standard InChI is InChI=1S/C13H13Cl2N3/c1-8(9-4-2-3-5-10(9)14)17-13-11(16)6-7-12(15)18-13/h2-8H,16H2,1H3,(H,17,18). The maximum absolute atomic E-state index is 6.14. The predicted molar refractivity (Wildman–Crippen MR) is 77.1 cm³/mol. The van der Waals surface area contributed by atoms with Gasteiger partial charge in [-0.05, 0) is 30.7 Å². The highest BCUT2D eigenvalue weighted by Crippen LogP contribution is 2.27. The van der Waals surface area contributed by atoms with E-state index in [9.17, 15) is 0 Å². The largest absolute Gasteiger partial charge is 0.396 e. The van der Waals surface area contributed by atoms with E-state index in [0.717, 1.165) is 5.56 Å². The first kappa shape index (κ1) is 13.0. The number of nitrogens with zero attached hydrogens (tertiary/aromatic N) is 1. The second-order valence-electron chi connectivity index (χ2n) is 3.96. The van der Waals surface area contributed by atoms with Crippen LogP contribution in [0.4, 0.5) is 11.5 Å². The van der Waals surface area contributed by atoms with Gasteiger partial charge in [-0.1, -0.05) is 41.4 Å². The van der Waals surface area contributed by atoms with Crippen LogP contribution in [0.1, 0.15) is 18.5 Å². The van der Waals surface area contributed by atoms with Crippen LogP contribution in [0, 0.1) is 0 Å². The van der Waals surface area contributed by atoms with E-state index >= 15 is 0 Å². The van der Waals surface area contributed by atoms with Crippen LogP contribution in [0.15, 0.2) is 36.4 Å². The zero-order chi connectivity index (χ0) is 13.1. The third-order valence-corrected chi connectivity index (χ3v) is 3.17. The molecule has 0 fully saturated rings. The van der Waals surface area contributed by atoms with Gasteiger partial charge >= 0.3 is 0 Å². The quantitative estimate of drug-likeness (QED) is 0.832. The lowest BCUT2D eigenvalue weighted by Gasteiger charge is -2.17. The van der Waals surface area contributed by atoms with Crippen LogP contribution in [-0.2, 0) is 0 Å². The summed E-state index contributed by atoms with van der Waals surface area (Å²) in [5, 5.41) is 4.31. The molecule has 2 rings (SSSR count). The van der Waals surface area contributed by atoms with Gasteiger partial charge in [-0.2, -0.15) is 0 Å². The number of rotatable bonds is 3. The Morgan fingerprint density at radius 2 is 1.89 bits per heavy atom. The molecule has 1 atom stereocenters. The summed E-state index contributed by atoms with van der Waals surface area (Å²) in [6.45, 7) is 1.99. The third-order valence-electron chi connectivity index (χ3n) is 2.62. The predicted octanol–water partition coefficient (Wildman–Crippen LogP) is 4.14. The van der Waals surface area contributed by atoms with Crippen molar-refractivity contribution >= 4 is 34.7 Å². The van der Waals surface area contributed by atoms with Gasteiger partial charge in [0.1, 0.15) is 5.15 Å². The van der Waals surface area contributed by atoms with E-state index in [2.05, 4.69) is 10.3 Å². The maximum Gasteiger partial charge on any atom is 0.151 e. The molecule has 1 heterocycles. The summed E-state index contributed by atoms with van der Waals surface area (Å²) in [6, 6.07) is 11.0. The maximum atomic E-state index is 6.14. The molecular weight excluding hydrogens is 269 g/mol. The number of hydrogen-bond donors (Lipinski definition) is 2. The SMILES string of the molecule is CC(Nc1nc(Cl)ccc1N)c1ccccc1Cl. The van der Waals surface area contributed by atoms with Crippen molar-refractivity contribution in [3.63, 3.8) is 0 Å². The van der Waals surface area contributed by atoms with Crippen molar-refractivity contribution < 1.29 is 0 Å². The molecule has 0 radical (unpaired) electrons. The summed E-state index contributed by atoms with van der Waals surface area (Å²) < 4.78 is 0. The van der Waals surface area contributed by atoms with Crippen molar-refractivity contribution in [2.45, 2.75) is 13.0 Å². The average molecular weight is 282 g/mol. The van der Waals surface area contributed by atoms with Crippen LogP contribution < -0.4 is 11.1 Å². The summed E-state index contributed by atoms with van der Waals surface area (Å²) in [6.07, 6.45) is 0. The summed E-state index contributed by atoms with van der Waals surface area (Å²) in [7, 11) is 0. The van der Waals surface area contributed by atoms with Gasteiger partial charge in [-0.3, -0.25) is 0 Å². The van der Waals surface area contributed by atoms with Crippen LogP contribution in [-0.4, -0.2) is 4.98 Å². The van der Waals surface area contributed by atoms with Crippen LogP contribution in [0.3, 0.4) is 0 Å². The van der Waals surface area contributed by atoms with E-state index in [1.165, 1.54) is 0 Å². The van der Waals surface area contributed by atoms with Gasteiger partial charge in [0.25, 0.3) is 0 Å². The number of hydrogen-bond acceptors (Lipinski definition) is 3. The minimum absolute atomic E-state index is 0.00744. The molecule has 0 saturated heterocycles. The Morgan fingerprint density at radius 1 is 1.17 bits per heavy atom. The lowest BCUT2D eigenvalue weighted by molar-refractivity contribution is 0.876. The first-order valence-corrected chi connectivity index (χ1v) is 6.26. The monoisotopic (exact) mass is 281 g/mol. The van der Waals surface area contributed by atoms with Gasteiger partial charge < -0.3 is 11.1 Å². The van der Waals surface area contributed by atoms with Crippen LogP contribution >= 0.6 is 23.2 Å². The smallest absolute Gasteiger partial charge is 0.151 e. The number of nitrogen functional groups attached to an aromatic ring is 1. The number of nitrogens with two attached hydrogens (primary N) is 1. The normalized spacial score (nSPS) is 12.2. The Morgan fingerprint density at radius 3 is 2.61 bits per heavy atom. The van der Waals surface area contributed by atoms with E-state index < -0.39 is 0 Å². The summed E-state index contributed by atoms with van der Waals surface area (Å²) in [5.74, 6) is 0.565. The molecule has 18 heavy (non-hydrogen) atoms. The van der Waals surface area contributed by atoms with Crippen molar-refractivity contribution in [3.8, 4) is 0 Å². The van der Waals surface area contributed by atoms with Crippen molar-refractivity contribution in [2.75, 3.05) is 11.1 Å². The highest BCUT2D eigenvalue weighted by Gasteiger charge is 2.11. The van der Waals surface area contributed by atoms with Gasteiger partial charge in [-0.15, -0.1) is 0 Å². The van der Waals surface area contributed by atoms with Crippen LogP contribution in [0.2, 0.25) is 10.2 Å². The Kier molecular flexibility index (Phi) is 3.94. The molecule has 1 aromatic carbocycles. The highest BCUT2D eigenvalue weighted by atomic mass is 35.5. The fourth-order valence-electron chi connectivity index (χ4n) is 1.67. The molecule has 0 amide bonds. The van der Waals surface area contributed by atoms with E-state index in [1.54, 1.807) is 12.1 Å². The minimum Gasteiger partial charge on any atom is -0.396 e. The molecular formula is C13H13Cl2N3. The van der Waals surface area contributed by atoms with E-state index in [1.807, 2.05) is 31.2 Å². The van der Waals surface area contributed by atoms with Gasteiger partial charge in [0.2, 0.25) is 0 Å². The molecule has 1 unspecified atom stereocenters. The molecule has 94 valence electrons. The Balaban J connectivity index is 2.24. The molecule has 0 aliphatic carbocycles. The molecule has 3 nitrogen and oxygen atoms in total.